The number of aliphatic hydroxyl groups excluding tert-OH is 1. The molecule has 1 aromatic heterocycles. The molecule has 0 saturated heterocycles. The van der Waals surface area contributed by atoms with Gasteiger partial charge >= 0.3 is 0 Å². The van der Waals surface area contributed by atoms with Crippen LogP contribution in [0.15, 0.2) is 23.3 Å². The van der Waals surface area contributed by atoms with Gasteiger partial charge in [-0.2, -0.15) is 0 Å². The fourth-order valence-corrected chi connectivity index (χ4v) is 2.46. The molecule has 4 heteroatoms. The molecule has 2 aromatic rings. The second-order valence-corrected chi connectivity index (χ2v) is 5.43. The van der Waals surface area contributed by atoms with E-state index >= 15 is 0 Å². The number of fused-ring (bicyclic) bond motifs is 1. The van der Waals surface area contributed by atoms with Gasteiger partial charge in [0.15, 0.2) is 0 Å². The summed E-state index contributed by atoms with van der Waals surface area (Å²) in [6.07, 6.45) is 1.55. The van der Waals surface area contributed by atoms with Crippen molar-refractivity contribution in [3.63, 3.8) is 0 Å². The third kappa shape index (κ3) is 2.40. The monoisotopic (exact) mass is 260 g/mol. The Kier molecular flexibility index (Phi) is 3.71. The van der Waals surface area contributed by atoms with Crippen LogP contribution in [0, 0.1) is 19.8 Å². The summed E-state index contributed by atoms with van der Waals surface area (Å²) in [5.41, 5.74) is 2.72. The van der Waals surface area contributed by atoms with Crippen LogP contribution in [-0.4, -0.2) is 21.3 Å². The molecule has 19 heavy (non-hydrogen) atoms. The lowest BCUT2D eigenvalue weighted by Crippen LogP contribution is -2.30. The quantitative estimate of drug-likeness (QED) is 0.920. The van der Waals surface area contributed by atoms with Crippen LogP contribution in [-0.2, 0) is 0 Å². The van der Waals surface area contributed by atoms with E-state index in [1.54, 1.807) is 10.9 Å². The fraction of sp³-hybridized carbons (Fsp3) is 0.467. The molecule has 1 heterocycles. The Balaban J connectivity index is 2.73. The second kappa shape index (κ2) is 5.13. The summed E-state index contributed by atoms with van der Waals surface area (Å²) >= 11 is 0. The maximum atomic E-state index is 12.5. The number of aromatic nitrogens is 2. The SMILES string of the molecule is Cc1cc(C)c2ncn([C@@H](CO)C(C)C)c(=O)c2c1. The molecule has 0 aliphatic heterocycles. The van der Waals surface area contributed by atoms with Crippen LogP contribution in [0.2, 0.25) is 0 Å². The van der Waals surface area contributed by atoms with E-state index in [-0.39, 0.29) is 24.1 Å². The lowest BCUT2D eigenvalue weighted by Gasteiger charge is -2.21. The van der Waals surface area contributed by atoms with Crippen molar-refractivity contribution in [3.8, 4) is 0 Å². The number of aliphatic hydroxyl groups is 1. The van der Waals surface area contributed by atoms with E-state index in [1.165, 1.54) is 0 Å². The van der Waals surface area contributed by atoms with Crippen molar-refractivity contribution in [2.75, 3.05) is 6.61 Å². The molecule has 4 nitrogen and oxygen atoms in total. The van der Waals surface area contributed by atoms with Crippen LogP contribution in [0.3, 0.4) is 0 Å². The van der Waals surface area contributed by atoms with Gasteiger partial charge in [-0.1, -0.05) is 19.9 Å². The molecular formula is C15H20N2O2. The smallest absolute Gasteiger partial charge is 0.261 e. The van der Waals surface area contributed by atoms with Gasteiger partial charge in [-0.15, -0.1) is 0 Å². The average molecular weight is 260 g/mol. The first-order chi connectivity index (χ1) is 8.95. The van der Waals surface area contributed by atoms with E-state index in [4.69, 9.17) is 0 Å². The van der Waals surface area contributed by atoms with Crippen LogP contribution in [0.5, 0.6) is 0 Å². The van der Waals surface area contributed by atoms with E-state index in [9.17, 15) is 9.90 Å². The summed E-state index contributed by atoms with van der Waals surface area (Å²) in [5, 5.41) is 10.1. The lowest BCUT2D eigenvalue weighted by atomic mass is 10.0. The van der Waals surface area contributed by atoms with Gasteiger partial charge in [-0.3, -0.25) is 9.36 Å². The Hall–Kier alpha value is -1.68. The largest absolute Gasteiger partial charge is 0.394 e. The van der Waals surface area contributed by atoms with Crippen LogP contribution in [0.1, 0.15) is 31.0 Å². The van der Waals surface area contributed by atoms with Crippen molar-refractivity contribution >= 4 is 10.9 Å². The molecule has 1 aromatic carbocycles. The zero-order valence-electron chi connectivity index (χ0n) is 11.8. The Labute approximate surface area is 112 Å². The molecule has 0 fully saturated rings. The van der Waals surface area contributed by atoms with Gasteiger partial charge in [-0.25, -0.2) is 4.98 Å². The molecule has 1 N–H and O–H groups in total. The third-order valence-corrected chi connectivity index (χ3v) is 3.53. The predicted octanol–water partition coefficient (Wildman–Crippen LogP) is 2.20. The summed E-state index contributed by atoms with van der Waals surface area (Å²) < 4.78 is 1.55. The normalized spacial score (nSPS) is 13.2. The number of rotatable bonds is 3. The van der Waals surface area contributed by atoms with Crippen LogP contribution in [0.4, 0.5) is 0 Å². The van der Waals surface area contributed by atoms with E-state index in [0.29, 0.717) is 5.39 Å². The summed E-state index contributed by atoms with van der Waals surface area (Å²) in [4.78, 5) is 16.9. The van der Waals surface area contributed by atoms with Crippen molar-refractivity contribution in [1.82, 2.24) is 9.55 Å². The first-order valence-electron chi connectivity index (χ1n) is 6.54. The molecule has 0 unspecified atom stereocenters. The van der Waals surface area contributed by atoms with Crippen molar-refractivity contribution in [1.29, 1.82) is 0 Å². The molecule has 1 atom stereocenters. The zero-order chi connectivity index (χ0) is 14.2. The minimum atomic E-state index is -0.231. The second-order valence-electron chi connectivity index (χ2n) is 5.43. The summed E-state index contributed by atoms with van der Waals surface area (Å²) in [5.74, 6) is 0.174. The highest BCUT2D eigenvalue weighted by atomic mass is 16.3. The molecule has 2 rings (SSSR count). The Bertz CT molecular complexity index is 659. The van der Waals surface area contributed by atoms with E-state index in [0.717, 1.165) is 16.6 Å². The summed E-state index contributed by atoms with van der Waals surface area (Å²) in [7, 11) is 0. The minimum Gasteiger partial charge on any atom is -0.394 e. The van der Waals surface area contributed by atoms with Gasteiger partial charge in [0.1, 0.15) is 0 Å². The Morgan fingerprint density at radius 3 is 2.58 bits per heavy atom. The molecule has 0 bridgehead atoms. The van der Waals surface area contributed by atoms with Crippen molar-refractivity contribution in [3.05, 3.63) is 39.9 Å². The van der Waals surface area contributed by atoms with Crippen LogP contribution in [0.25, 0.3) is 10.9 Å². The highest BCUT2D eigenvalue weighted by molar-refractivity contribution is 5.81. The average Bonchev–Trinajstić information content (AvgIpc) is 2.33. The maximum Gasteiger partial charge on any atom is 0.261 e. The standard InChI is InChI=1S/C15H20N2O2/c1-9(2)13(7-18)17-8-16-14-11(4)5-10(3)6-12(14)15(17)19/h5-6,8-9,13,18H,7H2,1-4H3/t13-/m0/s1. The fourth-order valence-electron chi connectivity index (χ4n) is 2.46. The van der Waals surface area contributed by atoms with E-state index in [2.05, 4.69) is 4.98 Å². The summed E-state index contributed by atoms with van der Waals surface area (Å²) in [6, 6.07) is 3.65. The molecule has 0 aliphatic rings. The molecule has 0 spiro atoms. The number of nitrogens with zero attached hydrogens (tertiary/aromatic N) is 2. The third-order valence-electron chi connectivity index (χ3n) is 3.53. The molecule has 0 amide bonds. The lowest BCUT2D eigenvalue weighted by molar-refractivity contribution is 0.189. The maximum absolute atomic E-state index is 12.5. The Morgan fingerprint density at radius 1 is 1.32 bits per heavy atom. The van der Waals surface area contributed by atoms with Gasteiger partial charge in [0.25, 0.3) is 5.56 Å². The molecular weight excluding hydrogens is 240 g/mol. The van der Waals surface area contributed by atoms with Crippen LogP contribution < -0.4 is 5.56 Å². The first-order valence-corrected chi connectivity index (χ1v) is 6.54. The van der Waals surface area contributed by atoms with Crippen molar-refractivity contribution in [2.24, 2.45) is 5.92 Å². The predicted molar refractivity (Wildman–Crippen MR) is 76.4 cm³/mol. The molecule has 0 aliphatic carbocycles. The van der Waals surface area contributed by atoms with Crippen LogP contribution >= 0.6 is 0 Å². The van der Waals surface area contributed by atoms with Crippen molar-refractivity contribution in [2.45, 2.75) is 33.7 Å². The zero-order valence-corrected chi connectivity index (χ0v) is 11.8. The number of aryl methyl sites for hydroxylation is 2. The van der Waals surface area contributed by atoms with E-state index in [1.807, 2.05) is 39.8 Å². The van der Waals surface area contributed by atoms with Gasteiger partial charge in [-0.05, 0) is 37.0 Å². The van der Waals surface area contributed by atoms with Gasteiger partial charge in [0.2, 0.25) is 0 Å². The molecule has 102 valence electrons. The topological polar surface area (TPSA) is 55.1 Å². The minimum absolute atomic E-state index is 0.0600. The highest BCUT2D eigenvalue weighted by Crippen LogP contribution is 2.18. The first kappa shape index (κ1) is 13.7. The number of benzene rings is 1. The number of hydrogen-bond acceptors (Lipinski definition) is 3. The molecule has 0 radical (unpaired) electrons. The van der Waals surface area contributed by atoms with Gasteiger partial charge < -0.3 is 5.11 Å². The highest BCUT2D eigenvalue weighted by Gasteiger charge is 2.17. The summed E-state index contributed by atoms with van der Waals surface area (Å²) in [6.45, 7) is 7.83. The van der Waals surface area contributed by atoms with Gasteiger partial charge in [0.05, 0.1) is 29.9 Å². The van der Waals surface area contributed by atoms with Crippen molar-refractivity contribution < 1.29 is 5.11 Å². The molecule has 0 saturated carbocycles. The number of hydrogen-bond donors (Lipinski definition) is 1. The van der Waals surface area contributed by atoms with Gasteiger partial charge in [0, 0.05) is 0 Å². The van der Waals surface area contributed by atoms with E-state index < -0.39 is 0 Å². The Morgan fingerprint density at radius 2 is 2.00 bits per heavy atom.